The maximum absolute atomic E-state index is 11.8. The first-order valence-electron chi connectivity index (χ1n) is 5.11. The summed E-state index contributed by atoms with van der Waals surface area (Å²) in [5.74, 6) is -0.330. The van der Waals surface area contributed by atoms with E-state index in [2.05, 4.69) is 15.9 Å². The van der Waals surface area contributed by atoms with Gasteiger partial charge in [-0.25, -0.2) is 4.79 Å². The summed E-state index contributed by atoms with van der Waals surface area (Å²) in [5, 5.41) is 0. The van der Waals surface area contributed by atoms with Crippen LogP contribution in [0.2, 0.25) is 0 Å². The number of hydrogen-bond acceptors (Lipinski definition) is 3. The molecule has 0 N–H and O–H groups in total. The second kappa shape index (κ2) is 4.18. The molecule has 1 fully saturated rings. The molecule has 86 valence electrons. The molecule has 0 spiro atoms. The molecule has 1 heterocycles. The van der Waals surface area contributed by atoms with Crippen molar-refractivity contribution in [2.24, 2.45) is 0 Å². The average molecular weight is 285 g/mol. The molecule has 1 saturated heterocycles. The van der Waals surface area contributed by atoms with Crippen molar-refractivity contribution >= 4 is 21.9 Å². The van der Waals surface area contributed by atoms with Gasteiger partial charge in [0.25, 0.3) is 0 Å². The first-order chi connectivity index (χ1) is 7.58. The molecule has 4 heteroatoms. The number of carbonyl (C=O) groups is 1. The van der Waals surface area contributed by atoms with E-state index in [1.165, 1.54) is 7.11 Å². The van der Waals surface area contributed by atoms with Crippen molar-refractivity contribution < 1.29 is 14.3 Å². The van der Waals surface area contributed by atoms with E-state index in [9.17, 15) is 4.79 Å². The van der Waals surface area contributed by atoms with Gasteiger partial charge in [-0.3, -0.25) is 0 Å². The monoisotopic (exact) mass is 284 g/mol. The molecule has 0 aromatic heterocycles. The topological polar surface area (TPSA) is 35.5 Å². The van der Waals surface area contributed by atoms with Crippen molar-refractivity contribution in [3.05, 3.63) is 34.3 Å². The lowest BCUT2D eigenvalue weighted by atomic mass is 9.83. The number of methoxy groups -OCH3 is 1. The molecule has 1 aliphatic heterocycles. The highest BCUT2D eigenvalue weighted by Crippen LogP contribution is 2.43. The minimum Gasteiger partial charge on any atom is -0.467 e. The van der Waals surface area contributed by atoms with Crippen LogP contribution in [0.4, 0.5) is 0 Å². The van der Waals surface area contributed by atoms with Crippen LogP contribution in [0.25, 0.3) is 0 Å². The van der Waals surface area contributed by atoms with E-state index in [1.807, 2.05) is 31.2 Å². The van der Waals surface area contributed by atoms with E-state index in [4.69, 9.17) is 9.47 Å². The van der Waals surface area contributed by atoms with Crippen molar-refractivity contribution in [3.8, 4) is 0 Å². The van der Waals surface area contributed by atoms with Crippen LogP contribution in [0, 0.1) is 0 Å². The highest BCUT2D eigenvalue weighted by molar-refractivity contribution is 9.10. The van der Waals surface area contributed by atoms with E-state index in [0.717, 1.165) is 10.0 Å². The molecular weight excluding hydrogens is 272 g/mol. The SMILES string of the molecule is COC(=O)C1(c2cccc(Br)c2)CC(C)O1. The quantitative estimate of drug-likeness (QED) is 0.784. The molecule has 1 aliphatic rings. The highest BCUT2D eigenvalue weighted by atomic mass is 79.9. The Hall–Kier alpha value is -0.870. The normalized spacial score (nSPS) is 28.3. The van der Waals surface area contributed by atoms with E-state index >= 15 is 0 Å². The van der Waals surface area contributed by atoms with Gasteiger partial charge in [0, 0.05) is 10.9 Å². The summed E-state index contributed by atoms with van der Waals surface area (Å²) in [6.07, 6.45) is 0.758. The molecule has 0 bridgehead atoms. The summed E-state index contributed by atoms with van der Waals surface area (Å²) >= 11 is 3.39. The van der Waals surface area contributed by atoms with Gasteiger partial charge in [-0.15, -0.1) is 0 Å². The molecule has 0 radical (unpaired) electrons. The average Bonchev–Trinajstić information content (AvgIpc) is 2.23. The number of rotatable bonds is 2. The van der Waals surface area contributed by atoms with Gasteiger partial charge < -0.3 is 9.47 Å². The standard InChI is InChI=1S/C12H13BrO3/c1-8-7-12(16-8,11(14)15-2)9-4-3-5-10(13)6-9/h3-6,8H,7H2,1-2H3. The highest BCUT2D eigenvalue weighted by Gasteiger charge is 2.52. The van der Waals surface area contributed by atoms with Crippen LogP contribution in [0.1, 0.15) is 18.9 Å². The Morgan fingerprint density at radius 1 is 1.62 bits per heavy atom. The zero-order valence-electron chi connectivity index (χ0n) is 9.20. The van der Waals surface area contributed by atoms with Gasteiger partial charge in [0.15, 0.2) is 5.60 Å². The first-order valence-corrected chi connectivity index (χ1v) is 5.90. The Morgan fingerprint density at radius 2 is 2.31 bits per heavy atom. The van der Waals surface area contributed by atoms with Crippen molar-refractivity contribution in [2.75, 3.05) is 7.11 Å². The summed E-state index contributed by atoms with van der Waals surface area (Å²) in [6, 6.07) is 7.57. The van der Waals surface area contributed by atoms with Crippen LogP contribution in [0.15, 0.2) is 28.7 Å². The van der Waals surface area contributed by atoms with E-state index in [1.54, 1.807) is 0 Å². The molecule has 0 aliphatic carbocycles. The zero-order valence-corrected chi connectivity index (χ0v) is 10.8. The van der Waals surface area contributed by atoms with Crippen molar-refractivity contribution in [1.82, 2.24) is 0 Å². The minimum atomic E-state index is -0.905. The lowest BCUT2D eigenvalue weighted by molar-refractivity contribution is -0.225. The summed E-state index contributed by atoms with van der Waals surface area (Å²) in [5.41, 5.74) is -0.0652. The van der Waals surface area contributed by atoms with Gasteiger partial charge in [0.2, 0.25) is 0 Å². The van der Waals surface area contributed by atoms with Gasteiger partial charge in [0.05, 0.1) is 13.2 Å². The van der Waals surface area contributed by atoms with Gasteiger partial charge in [-0.2, -0.15) is 0 Å². The van der Waals surface area contributed by atoms with E-state index in [0.29, 0.717) is 6.42 Å². The molecule has 16 heavy (non-hydrogen) atoms. The number of halogens is 1. The van der Waals surface area contributed by atoms with Crippen LogP contribution in [0.3, 0.4) is 0 Å². The second-order valence-electron chi connectivity index (χ2n) is 3.96. The Kier molecular flexibility index (Phi) is 3.04. The van der Waals surface area contributed by atoms with Gasteiger partial charge in [-0.05, 0) is 24.6 Å². The number of ether oxygens (including phenoxy) is 2. The Labute approximate surface area is 103 Å². The number of hydrogen-bond donors (Lipinski definition) is 0. The molecular formula is C12H13BrO3. The Morgan fingerprint density at radius 3 is 2.81 bits per heavy atom. The number of carbonyl (C=O) groups excluding carboxylic acids is 1. The van der Waals surface area contributed by atoms with Gasteiger partial charge in [0.1, 0.15) is 0 Å². The minimum absolute atomic E-state index is 0.0954. The third kappa shape index (κ3) is 1.76. The van der Waals surface area contributed by atoms with Crippen LogP contribution >= 0.6 is 15.9 Å². The van der Waals surface area contributed by atoms with Crippen LogP contribution < -0.4 is 0 Å². The third-order valence-electron chi connectivity index (χ3n) is 2.78. The van der Waals surface area contributed by atoms with E-state index in [-0.39, 0.29) is 12.1 Å². The predicted molar refractivity (Wildman–Crippen MR) is 63.0 cm³/mol. The predicted octanol–water partition coefficient (Wildman–Crippen LogP) is 2.63. The molecule has 1 aromatic rings. The van der Waals surface area contributed by atoms with E-state index < -0.39 is 5.60 Å². The molecule has 2 atom stereocenters. The fourth-order valence-corrected chi connectivity index (χ4v) is 2.48. The van der Waals surface area contributed by atoms with Gasteiger partial charge >= 0.3 is 5.97 Å². The van der Waals surface area contributed by atoms with Crippen molar-refractivity contribution in [1.29, 1.82) is 0 Å². The van der Waals surface area contributed by atoms with Gasteiger partial charge in [-0.1, -0.05) is 28.1 Å². The number of esters is 1. The smallest absolute Gasteiger partial charge is 0.342 e. The summed E-state index contributed by atoms with van der Waals surface area (Å²) in [4.78, 5) is 11.8. The fourth-order valence-electron chi connectivity index (χ4n) is 2.08. The molecule has 1 aromatic carbocycles. The molecule has 0 amide bonds. The Balaban J connectivity index is 2.37. The van der Waals surface area contributed by atoms with Crippen molar-refractivity contribution in [2.45, 2.75) is 25.0 Å². The summed E-state index contributed by atoms with van der Waals surface area (Å²) in [6.45, 7) is 1.94. The molecule has 2 unspecified atom stereocenters. The molecule has 3 nitrogen and oxygen atoms in total. The Bertz CT molecular complexity index is 410. The molecule has 2 rings (SSSR count). The van der Waals surface area contributed by atoms with Crippen LogP contribution in [-0.2, 0) is 19.9 Å². The van der Waals surface area contributed by atoms with Crippen LogP contribution in [0.5, 0.6) is 0 Å². The lowest BCUT2D eigenvalue weighted by Crippen LogP contribution is -2.52. The van der Waals surface area contributed by atoms with Crippen molar-refractivity contribution in [3.63, 3.8) is 0 Å². The zero-order chi connectivity index (χ0) is 11.8. The number of benzene rings is 1. The molecule has 0 saturated carbocycles. The fraction of sp³-hybridized carbons (Fsp3) is 0.417. The first kappa shape index (κ1) is 11.6. The summed E-state index contributed by atoms with van der Waals surface area (Å²) in [7, 11) is 1.38. The third-order valence-corrected chi connectivity index (χ3v) is 3.28. The summed E-state index contributed by atoms with van der Waals surface area (Å²) < 4.78 is 11.4. The maximum atomic E-state index is 11.8. The van der Waals surface area contributed by atoms with Crippen LogP contribution in [-0.4, -0.2) is 19.2 Å². The lowest BCUT2D eigenvalue weighted by Gasteiger charge is -2.44. The largest absolute Gasteiger partial charge is 0.467 e. The second-order valence-corrected chi connectivity index (χ2v) is 4.88. The maximum Gasteiger partial charge on any atom is 0.342 e.